The van der Waals surface area contributed by atoms with Crippen LogP contribution in [0.3, 0.4) is 0 Å². The van der Waals surface area contributed by atoms with Gasteiger partial charge in [0.15, 0.2) is 0 Å². The van der Waals surface area contributed by atoms with Gasteiger partial charge in [0.2, 0.25) is 0 Å². The molecule has 0 bridgehead atoms. The fraction of sp³-hybridized carbons (Fsp3) is 0.750. The summed E-state index contributed by atoms with van der Waals surface area (Å²) in [5.74, 6) is 1.15. The maximum atomic E-state index is 5.83. The minimum Gasteiger partial charge on any atom is -0.381 e. The average Bonchev–Trinajstić information content (AvgIpc) is 2.63. The molecular weight excluding hydrogens is 216 g/mol. The number of aryl methyl sites for hydroxylation is 2. The molecule has 1 fully saturated rings. The highest BCUT2D eigenvalue weighted by Gasteiger charge is 2.23. The van der Waals surface area contributed by atoms with E-state index in [4.69, 9.17) is 10.5 Å². The van der Waals surface area contributed by atoms with Crippen molar-refractivity contribution in [2.75, 3.05) is 25.2 Å². The summed E-state index contributed by atoms with van der Waals surface area (Å²) in [6.45, 7) is 4.26. The summed E-state index contributed by atoms with van der Waals surface area (Å²) in [6.07, 6.45) is 2.15. The first-order valence-corrected chi connectivity index (χ1v) is 6.18. The lowest BCUT2D eigenvalue weighted by atomic mass is 10.1. The van der Waals surface area contributed by atoms with Gasteiger partial charge < -0.3 is 15.4 Å². The molecule has 2 heterocycles. The fourth-order valence-corrected chi connectivity index (χ4v) is 2.62. The Hall–Kier alpha value is -1.07. The van der Waals surface area contributed by atoms with Gasteiger partial charge in [-0.3, -0.25) is 4.68 Å². The number of hydrogen-bond donors (Lipinski definition) is 1. The van der Waals surface area contributed by atoms with E-state index in [1.165, 1.54) is 0 Å². The van der Waals surface area contributed by atoms with E-state index in [1.54, 1.807) is 0 Å². The van der Waals surface area contributed by atoms with Crippen LogP contribution in [0.5, 0.6) is 0 Å². The van der Waals surface area contributed by atoms with E-state index in [2.05, 4.69) is 17.0 Å². The molecule has 0 radical (unpaired) electrons. The molecule has 1 aromatic rings. The normalized spacial score (nSPS) is 17.4. The lowest BCUT2D eigenvalue weighted by Gasteiger charge is -2.33. The molecular formula is C12H22N4O. The lowest BCUT2D eigenvalue weighted by molar-refractivity contribution is 0.0852. The molecule has 0 spiro atoms. The fourth-order valence-electron chi connectivity index (χ4n) is 2.62. The summed E-state index contributed by atoms with van der Waals surface area (Å²) in [5.41, 5.74) is 8.01. The van der Waals surface area contributed by atoms with Gasteiger partial charge in [-0.05, 0) is 19.8 Å². The van der Waals surface area contributed by atoms with Crippen LogP contribution < -0.4 is 10.6 Å². The Morgan fingerprint density at radius 1 is 1.47 bits per heavy atom. The number of nitrogens with zero attached hydrogens (tertiary/aromatic N) is 3. The van der Waals surface area contributed by atoms with Crippen molar-refractivity contribution in [3.05, 3.63) is 11.3 Å². The molecule has 0 aromatic carbocycles. The molecule has 0 saturated carbocycles. The number of aromatic nitrogens is 2. The summed E-state index contributed by atoms with van der Waals surface area (Å²) in [4.78, 5) is 2.31. The minimum atomic E-state index is 0.531. The molecule has 2 rings (SSSR count). The minimum absolute atomic E-state index is 0.531. The van der Waals surface area contributed by atoms with Gasteiger partial charge in [0.05, 0.1) is 5.69 Å². The van der Waals surface area contributed by atoms with Crippen LogP contribution in [0.4, 0.5) is 5.82 Å². The van der Waals surface area contributed by atoms with Gasteiger partial charge >= 0.3 is 0 Å². The molecule has 96 valence electrons. The Labute approximate surface area is 103 Å². The SMILES string of the molecule is Cc1nn(C)c(N(C)C2CCOCC2)c1CN. The first-order valence-electron chi connectivity index (χ1n) is 6.18. The van der Waals surface area contributed by atoms with Crippen LogP contribution in [0, 0.1) is 6.92 Å². The molecule has 1 aromatic heterocycles. The highest BCUT2D eigenvalue weighted by atomic mass is 16.5. The van der Waals surface area contributed by atoms with Gasteiger partial charge in [-0.1, -0.05) is 0 Å². The molecule has 1 aliphatic rings. The number of anilines is 1. The second-order valence-corrected chi connectivity index (χ2v) is 4.67. The van der Waals surface area contributed by atoms with E-state index in [0.717, 1.165) is 43.1 Å². The van der Waals surface area contributed by atoms with Crippen LogP contribution in [0.1, 0.15) is 24.1 Å². The molecule has 0 unspecified atom stereocenters. The number of hydrogen-bond acceptors (Lipinski definition) is 4. The van der Waals surface area contributed by atoms with E-state index >= 15 is 0 Å². The van der Waals surface area contributed by atoms with Crippen molar-refractivity contribution in [3.63, 3.8) is 0 Å². The van der Waals surface area contributed by atoms with E-state index in [-0.39, 0.29) is 0 Å². The Balaban J connectivity index is 2.25. The van der Waals surface area contributed by atoms with Crippen LogP contribution in [-0.4, -0.2) is 36.1 Å². The third kappa shape index (κ3) is 2.30. The molecule has 0 amide bonds. The summed E-state index contributed by atoms with van der Waals surface area (Å²) in [7, 11) is 4.11. The highest BCUT2D eigenvalue weighted by Crippen LogP contribution is 2.26. The summed E-state index contributed by atoms with van der Waals surface area (Å²) < 4.78 is 7.34. The largest absolute Gasteiger partial charge is 0.381 e. The second-order valence-electron chi connectivity index (χ2n) is 4.67. The Morgan fingerprint density at radius 3 is 2.71 bits per heavy atom. The molecule has 0 atom stereocenters. The smallest absolute Gasteiger partial charge is 0.131 e. The number of nitrogens with two attached hydrogens (primary N) is 1. The maximum absolute atomic E-state index is 5.83. The molecule has 5 heteroatoms. The van der Waals surface area contributed by atoms with Crippen molar-refractivity contribution >= 4 is 5.82 Å². The van der Waals surface area contributed by atoms with Crippen LogP contribution in [0.25, 0.3) is 0 Å². The predicted octanol–water partition coefficient (Wildman–Crippen LogP) is 0.802. The monoisotopic (exact) mass is 238 g/mol. The molecule has 2 N–H and O–H groups in total. The topological polar surface area (TPSA) is 56.3 Å². The van der Waals surface area contributed by atoms with Crippen LogP contribution >= 0.6 is 0 Å². The van der Waals surface area contributed by atoms with Crippen molar-refractivity contribution in [1.82, 2.24) is 9.78 Å². The summed E-state index contributed by atoms with van der Waals surface area (Å²) in [6, 6.07) is 0.531. The molecule has 1 aliphatic heterocycles. The second kappa shape index (κ2) is 5.06. The van der Waals surface area contributed by atoms with Gasteiger partial charge in [0.1, 0.15) is 5.82 Å². The van der Waals surface area contributed by atoms with Gasteiger partial charge in [-0.15, -0.1) is 0 Å². The molecule has 1 saturated heterocycles. The van der Waals surface area contributed by atoms with Gasteiger partial charge in [-0.25, -0.2) is 0 Å². The zero-order valence-corrected chi connectivity index (χ0v) is 10.9. The van der Waals surface area contributed by atoms with E-state index in [1.807, 2.05) is 18.7 Å². The van der Waals surface area contributed by atoms with Gasteiger partial charge in [0, 0.05) is 45.5 Å². The maximum Gasteiger partial charge on any atom is 0.131 e. The zero-order chi connectivity index (χ0) is 12.4. The highest BCUT2D eigenvalue weighted by molar-refractivity contribution is 5.50. The van der Waals surface area contributed by atoms with Crippen LogP contribution in [0.2, 0.25) is 0 Å². The third-order valence-electron chi connectivity index (χ3n) is 3.59. The lowest BCUT2D eigenvalue weighted by Crippen LogP contribution is -2.38. The Kier molecular flexibility index (Phi) is 3.69. The quantitative estimate of drug-likeness (QED) is 0.846. The standard InChI is InChI=1S/C12H22N4O/c1-9-11(8-13)12(16(3)14-9)15(2)10-4-6-17-7-5-10/h10H,4-8,13H2,1-3H3. The third-order valence-corrected chi connectivity index (χ3v) is 3.59. The van der Waals surface area contributed by atoms with Crippen molar-refractivity contribution in [3.8, 4) is 0 Å². The molecule has 17 heavy (non-hydrogen) atoms. The first-order chi connectivity index (χ1) is 8.15. The van der Waals surface area contributed by atoms with E-state index in [0.29, 0.717) is 12.6 Å². The summed E-state index contributed by atoms with van der Waals surface area (Å²) >= 11 is 0. The molecule has 5 nitrogen and oxygen atoms in total. The predicted molar refractivity (Wildman–Crippen MR) is 68.1 cm³/mol. The van der Waals surface area contributed by atoms with Gasteiger partial charge in [-0.2, -0.15) is 5.10 Å². The number of ether oxygens (including phenoxy) is 1. The van der Waals surface area contributed by atoms with Crippen molar-refractivity contribution < 1.29 is 4.74 Å². The van der Waals surface area contributed by atoms with E-state index in [9.17, 15) is 0 Å². The Morgan fingerprint density at radius 2 is 2.12 bits per heavy atom. The number of rotatable bonds is 3. The van der Waals surface area contributed by atoms with Crippen LogP contribution in [-0.2, 0) is 18.3 Å². The molecule has 0 aliphatic carbocycles. The Bertz CT molecular complexity index is 382. The van der Waals surface area contributed by atoms with Crippen LogP contribution in [0.15, 0.2) is 0 Å². The summed E-state index contributed by atoms with van der Waals surface area (Å²) in [5, 5.41) is 4.46. The first kappa shape index (κ1) is 12.4. The van der Waals surface area contributed by atoms with Crippen molar-refractivity contribution in [1.29, 1.82) is 0 Å². The van der Waals surface area contributed by atoms with Gasteiger partial charge in [0.25, 0.3) is 0 Å². The van der Waals surface area contributed by atoms with Crippen molar-refractivity contribution in [2.24, 2.45) is 12.8 Å². The van der Waals surface area contributed by atoms with E-state index < -0.39 is 0 Å². The van der Waals surface area contributed by atoms with Crippen molar-refractivity contribution in [2.45, 2.75) is 32.4 Å². The average molecular weight is 238 g/mol. The zero-order valence-electron chi connectivity index (χ0n) is 10.9.